The number of hydrogen-bond acceptors (Lipinski definition) is 4. The first-order valence-corrected chi connectivity index (χ1v) is 6.46. The monoisotopic (exact) mass is 292 g/mol. The molecule has 0 aliphatic carbocycles. The second kappa shape index (κ2) is 6.60. The molecule has 0 unspecified atom stereocenters. The van der Waals surface area contributed by atoms with Gasteiger partial charge in [-0.15, -0.1) is 0 Å². The third kappa shape index (κ3) is 3.53. The number of aromatic nitrogens is 1. The summed E-state index contributed by atoms with van der Waals surface area (Å²) in [4.78, 5) is 16.6. The summed E-state index contributed by atoms with van der Waals surface area (Å²) in [6, 6.07) is 5.82. The maximum Gasteiger partial charge on any atom is 0.252 e. The Labute approximate surface area is 122 Å². The van der Waals surface area contributed by atoms with Crippen LogP contribution in [0.15, 0.2) is 24.3 Å². The summed E-state index contributed by atoms with van der Waals surface area (Å²) in [6.45, 7) is 1.98. The van der Waals surface area contributed by atoms with Gasteiger partial charge >= 0.3 is 0 Å². The Hall–Kier alpha value is -2.05. The van der Waals surface area contributed by atoms with Gasteiger partial charge in [0.05, 0.1) is 17.6 Å². The van der Waals surface area contributed by atoms with Gasteiger partial charge in [-0.25, -0.2) is 4.39 Å². The van der Waals surface area contributed by atoms with Crippen molar-refractivity contribution < 1.29 is 18.7 Å². The quantitative estimate of drug-likeness (QED) is 0.857. The highest BCUT2D eigenvalue weighted by Crippen LogP contribution is 2.19. The van der Waals surface area contributed by atoms with Crippen LogP contribution in [-0.4, -0.2) is 37.9 Å². The van der Waals surface area contributed by atoms with Gasteiger partial charge in [0.1, 0.15) is 5.82 Å². The largest absolute Gasteiger partial charge is 0.354 e. The van der Waals surface area contributed by atoms with E-state index in [4.69, 9.17) is 9.47 Å². The van der Waals surface area contributed by atoms with Crippen LogP contribution in [0.25, 0.3) is 10.9 Å². The van der Waals surface area contributed by atoms with E-state index in [0.29, 0.717) is 22.2 Å². The molecule has 21 heavy (non-hydrogen) atoms. The number of halogens is 1. The highest BCUT2D eigenvalue weighted by molar-refractivity contribution is 6.06. The van der Waals surface area contributed by atoms with E-state index >= 15 is 0 Å². The van der Waals surface area contributed by atoms with Gasteiger partial charge in [0.15, 0.2) is 6.29 Å². The van der Waals surface area contributed by atoms with E-state index in [-0.39, 0.29) is 12.5 Å². The van der Waals surface area contributed by atoms with Crippen molar-refractivity contribution in [3.8, 4) is 0 Å². The molecular formula is C15H17FN2O3. The molecule has 0 aliphatic heterocycles. The van der Waals surface area contributed by atoms with Crippen molar-refractivity contribution in [3.05, 3.63) is 41.3 Å². The molecular weight excluding hydrogens is 275 g/mol. The first-order chi connectivity index (χ1) is 10.0. The summed E-state index contributed by atoms with van der Waals surface area (Å²) in [7, 11) is 2.98. The number of rotatable bonds is 5. The zero-order valence-corrected chi connectivity index (χ0v) is 12.1. The Balaban J connectivity index is 2.32. The molecule has 0 bridgehead atoms. The number of benzene rings is 1. The number of hydrogen-bond donors (Lipinski definition) is 1. The van der Waals surface area contributed by atoms with E-state index in [1.807, 2.05) is 0 Å². The van der Waals surface area contributed by atoms with E-state index in [9.17, 15) is 9.18 Å². The van der Waals surface area contributed by atoms with Crippen molar-refractivity contribution in [1.82, 2.24) is 10.3 Å². The second-order valence-electron chi connectivity index (χ2n) is 4.58. The molecule has 112 valence electrons. The van der Waals surface area contributed by atoms with Gasteiger partial charge in [-0.05, 0) is 31.2 Å². The summed E-state index contributed by atoms with van der Waals surface area (Å²) in [6.07, 6.45) is -0.528. The van der Waals surface area contributed by atoms with E-state index < -0.39 is 12.1 Å². The van der Waals surface area contributed by atoms with Crippen LogP contribution in [-0.2, 0) is 9.47 Å². The zero-order chi connectivity index (χ0) is 15.4. The molecule has 1 N–H and O–H groups in total. The van der Waals surface area contributed by atoms with Crippen molar-refractivity contribution in [2.75, 3.05) is 20.8 Å². The number of carbonyl (C=O) groups is 1. The highest BCUT2D eigenvalue weighted by atomic mass is 19.1. The number of amides is 1. The molecule has 0 saturated carbocycles. The summed E-state index contributed by atoms with van der Waals surface area (Å²) in [5.41, 5.74) is 1.65. The predicted molar refractivity (Wildman–Crippen MR) is 76.6 cm³/mol. The highest BCUT2D eigenvalue weighted by Gasteiger charge is 2.14. The number of carbonyl (C=O) groups excluding carboxylic acids is 1. The molecule has 0 saturated heterocycles. The van der Waals surface area contributed by atoms with Gasteiger partial charge in [0.25, 0.3) is 5.91 Å². The lowest BCUT2D eigenvalue weighted by atomic mass is 10.1. The molecule has 5 nitrogen and oxygen atoms in total. The standard InChI is InChI=1S/C15H17FN2O3/c1-9-6-12(15(19)17-8-14(20-2)21-3)11-7-10(16)4-5-13(11)18-9/h4-7,14H,8H2,1-3H3,(H,17,19). The summed E-state index contributed by atoms with van der Waals surface area (Å²) < 4.78 is 23.4. The molecule has 0 fully saturated rings. The Kier molecular flexibility index (Phi) is 4.82. The number of nitrogens with one attached hydrogen (secondary N) is 1. The third-order valence-electron chi connectivity index (χ3n) is 3.10. The first kappa shape index (κ1) is 15.3. The number of aryl methyl sites for hydroxylation is 1. The summed E-state index contributed by atoms with van der Waals surface area (Å²) in [5, 5.41) is 3.18. The van der Waals surface area contributed by atoms with Crippen LogP contribution in [0, 0.1) is 12.7 Å². The minimum atomic E-state index is -0.528. The molecule has 0 aliphatic rings. The minimum absolute atomic E-state index is 0.198. The van der Waals surface area contributed by atoms with E-state index in [1.54, 1.807) is 19.1 Å². The Morgan fingerprint density at radius 1 is 1.33 bits per heavy atom. The summed E-state index contributed by atoms with van der Waals surface area (Å²) >= 11 is 0. The van der Waals surface area contributed by atoms with Crippen LogP contribution in [0.1, 0.15) is 16.1 Å². The lowest BCUT2D eigenvalue weighted by molar-refractivity contribution is -0.0974. The van der Waals surface area contributed by atoms with Gasteiger partial charge in [-0.3, -0.25) is 9.78 Å². The van der Waals surface area contributed by atoms with Crippen LogP contribution < -0.4 is 5.32 Å². The molecule has 2 aromatic rings. The van der Waals surface area contributed by atoms with Crippen LogP contribution in [0.3, 0.4) is 0 Å². The van der Waals surface area contributed by atoms with E-state index in [0.717, 1.165) is 0 Å². The topological polar surface area (TPSA) is 60.5 Å². The van der Waals surface area contributed by atoms with Crippen LogP contribution in [0.2, 0.25) is 0 Å². The average molecular weight is 292 g/mol. The molecule has 2 rings (SSSR count). The fourth-order valence-corrected chi connectivity index (χ4v) is 2.05. The summed E-state index contributed by atoms with van der Waals surface area (Å²) in [5.74, 6) is -0.732. The second-order valence-corrected chi connectivity index (χ2v) is 4.58. The van der Waals surface area contributed by atoms with Gasteiger partial charge in [-0.1, -0.05) is 0 Å². The van der Waals surface area contributed by atoms with Crippen molar-refractivity contribution in [2.24, 2.45) is 0 Å². The predicted octanol–water partition coefficient (Wildman–Crippen LogP) is 2.03. The van der Waals surface area contributed by atoms with Crippen molar-refractivity contribution in [2.45, 2.75) is 13.2 Å². The number of ether oxygens (including phenoxy) is 2. The van der Waals surface area contributed by atoms with E-state index in [2.05, 4.69) is 10.3 Å². The number of fused-ring (bicyclic) bond motifs is 1. The molecule has 1 aromatic carbocycles. The maximum atomic E-state index is 13.4. The number of pyridine rings is 1. The average Bonchev–Trinajstić information content (AvgIpc) is 2.47. The van der Waals surface area contributed by atoms with E-state index in [1.165, 1.54) is 26.4 Å². The smallest absolute Gasteiger partial charge is 0.252 e. The molecule has 1 heterocycles. The Morgan fingerprint density at radius 2 is 2.05 bits per heavy atom. The van der Waals surface area contributed by atoms with Gasteiger partial charge in [0, 0.05) is 25.3 Å². The molecule has 0 atom stereocenters. The van der Waals surface area contributed by atoms with Crippen molar-refractivity contribution in [3.63, 3.8) is 0 Å². The lowest BCUT2D eigenvalue weighted by Gasteiger charge is -2.15. The number of nitrogens with zero attached hydrogens (tertiary/aromatic N) is 1. The minimum Gasteiger partial charge on any atom is -0.354 e. The fourth-order valence-electron chi connectivity index (χ4n) is 2.05. The van der Waals surface area contributed by atoms with Crippen LogP contribution >= 0.6 is 0 Å². The van der Waals surface area contributed by atoms with Gasteiger partial charge in [0.2, 0.25) is 0 Å². The normalized spacial score (nSPS) is 11.1. The number of methoxy groups -OCH3 is 2. The van der Waals surface area contributed by atoms with Gasteiger partial charge in [-0.2, -0.15) is 0 Å². The molecule has 1 aromatic heterocycles. The zero-order valence-electron chi connectivity index (χ0n) is 12.1. The van der Waals surface area contributed by atoms with Crippen LogP contribution in [0.4, 0.5) is 4.39 Å². The first-order valence-electron chi connectivity index (χ1n) is 6.46. The Bertz CT molecular complexity index is 657. The Morgan fingerprint density at radius 3 is 2.71 bits per heavy atom. The third-order valence-corrected chi connectivity index (χ3v) is 3.10. The maximum absolute atomic E-state index is 13.4. The molecule has 6 heteroatoms. The van der Waals surface area contributed by atoms with Crippen molar-refractivity contribution in [1.29, 1.82) is 0 Å². The molecule has 1 amide bonds. The SMILES string of the molecule is COC(CNC(=O)c1cc(C)nc2ccc(F)cc12)OC. The van der Waals surface area contributed by atoms with Crippen molar-refractivity contribution >= 4 is 16.8 Å². The molecule has 0 spiro atoms. The van der Waals surface area contributed by atoms with Crippen LogP contribution in [0.5, 0.6) is 0 Å². The fraction of sp³-hybridized carbons (Fsp3) is 0.333. The molecule has 0 radical (unpaired) electrons. The van der Waals surface area contributed by atoms with Gasteiger partial charge < -0.3 is 14.8 Å². The lowest BCUT2D eigenvalue weighted by Crippen LogP contribution is -2.34.